The Kier molecular flexibility index (Phi) is 8.87. The zero-order chi connectivity index (χ0) is 30.5. The normalized spacial score (nSPS) is 12.0. The molecular formula is C39H38N4. The fourth-order valence-electron chi connectivity index (χ4n) is 5.19. The van der Waals surface area contributed by atoms with E-state index in [-0.39, 0.29) is 0 Å². The van der Waals surface area contributed by atoms with Crippen LogP contribution in [-0.2, 0) is 0 Å². The largest absolute Gasteiger partial charge is 0.297 e. The molecule has 0 unspecified atom stereocenters. The molecule has 4 aromatic carbocycles. The molecule has 214 valence electrons. The highest BCUT2D eigenvalue weighted by Gasteiger charge is 2.16. The summed E-state index contributed by atoms with van der Waals surface area (Å²) in [5.74, 6) is 2.04. The molecule has 5 rings (SSSR count). The smallest absolute Gasteiger partial charge is 0.164 e. The van der Waals surface area contributed by atoms with Crippen molar-refractivity contribution in [3.05, 3.63) is 130 Å². The van der Waals surface area contributed by atoms with Crippen molar-refractivity contribution in [2.45, 2.75) is 41.5 Å². The molecule has 43 heavy (non-hydrogen) atoms. The van der Waals surface area contributed by atoms with Crippen LogP contribution in [0.25, 0.3) is 50.9 Å². The lowest BCUT2D eigenvalue weighted by Crippen LogP contribution is -2.02. The van der Waals surface area contributed by atoms with Gasteiger partial charge in [0.15, 0.2) is 17.5 Å². The van der Waals surface area contributed by atoms with E-state index in [0.29, 0.717) is 17.5 Å². The lowest BCUT2D eigenvalue weighted by Gasteiger charge is -2.13. The van der Waals surface area contributed by atoms with Crippen molar-refractivity contribution < 1.29 is 0 Å². The molecule has 0 amide bonds. The van der Waals surface area contributed by atoms with Gasteiger partial charge in [-0.2, -0.15) is 0 Å². The Morgan fingerprint density at radius 3 is 1.77 bits per heavy atom. The molecule has 0 N–H and O–H groups in total. The van der Waals surface area contributed by atoms with Crippen LogP contribution in [0.1, 0.15) is 40.3 Å². The van der Waals surface area contributed by atoms with Gasteiger partial charge in [-0.25, -0.2) is 15.0 Å². The third kappa shape index (κ3) is 6.76. The third-order valence-corrected chi connectivity index (χ3v) is 7.71. The average molecular weight is 563 g/mol. The molecule has 0 atom stereocenters. The van der Waals surface area contributed by atoms with Gasteiger partial charge < -0.3 is 0 Å². The van der Waals surface area contributed by atoms with Crippen LogP contribution in [0, 0.1) is 34.6 Å². The van der Waals surface area contributed by atoms with E-state index in [2.05, 4.69) is 131 Å². The summed E-state index contributed by atoms with van der Waals surface area (Å²) in [4.78, 5) is 19.1. The first kappa shape index (κ1) is 29.5. The number of aromatic nitrogens is 3. The van der Waals surface area contributed by atoms with Gasteiger partial charge in [-0.1, -0.05) is 77.9 Å². The first-order valence-electron chi connectivity index (χ1n) is 14.6. The van der Waals surface area contributed by atoms with Gasteiger partial charge in [0, 0.05) is 30.0 Å². The Morgan fingerprint density at radius 1 is 0.581 bits per heavy atom. The van der Waals surface area contributed by atoms with Crippen LogP contribution in [0.4, 0.5) is 0 Å². The van der Waals surface area contributed by atoms with E-state index >= 15 is 0 Å². The van der Waals surface area contributed by atoms with Crippen molar-refractivity contribution in [2.24, 2.45) is 4.99 Å². The Labute approximate surface area is 255 Å². The van der Waals surface area contributed by atoms with Crippen LogP contribution in [0.3, 0.4) is 0 Å². The second-order valence-electron chi connectivity index (χ2n) is 11.2. The van der Waals surface area contributed by atoms with Crippen molar-refractivity contribution in [3.63, 3.8) is 0 Å². The fraction of sp³-hybridized carbons (Fsp3) is 0.179. The molecule has 0 aliphatic carbocycles. The maximum Gasteiger partial charge on any atom is 0.164 e. The summed E-state index contributed by atoms with van der Waals surface area (Å²) in [6.45, 7) is 12.7. The van der Waals surface area contributed by atoms with E-state index in [1.54, 1.807) is 13.3 Å². The summed E-state index contributed by atoms with van der Waals surface area (Å²) in [6.07, 6.45) is 7.88. The maximum absolute atomic E-state index is 5.05. The average Bonchev–Trinajstić information content (AvgIpc) is 3.01. The highest BCUT2D eigenvalue weighted by Crippen LogP contribution is 2.32. The van der Waals surface area contributed by atoms with Crippen LogP contribution >= 0.6 is 0 Å². The first-order valence-corrected chi connectivity index (χ1v) is 14.6. The summed E-state index contributed by atoms with van der Waals surface area (Å²) in [7, 11) is 1.77. The van der Waals surface area contributed by atoms with Crippen LogP contribution in [0.2, 0.25) is 0 Å². The van der Waals surface area contributed by atoms with Crippen molar-refractivity contribution in [2.75, 3.05) is 7.05 Å². The van der Waals surface area contributed by atoms with Gasteiger partial charge in [-0.15, -0.1) is 0 Å². The van der Waals surface area contributed by atoms with Crippen molar-refractivity contribution >= 4 is 11.8 Å². The van der Waals surface area contributed by atoms with Crippen LogP contribution in [0.15, 0.2) is 102 Å². The quantitative estimate of drug-likeness (QED) is 0.147. The molecule has 4 heteroatoms. The van der Waals surface area contributed by atoms with Crippen LogP contribution in [-0.4, -0.2) is 28.2 Å². The van der Waals surface area contributed by atoms with Crippen molar-refractivity contribution in [1.29, 1.82) is 0 Å². The Morgan fingerprint density at radius 2 is 1.14 bits per heavy atom. The van der Waals surface area contributed by atoms with Gasteiger partial charge in [-0.05, 0) is 111 Å². The van der Waals surface area contributed by atoms with Gasteiger partial charge in [-0.3, -0.25) is 4.99 Å². The molecular weight excluding hydrogens is 524 g/mol. The standard InChI is InChI=1S/C39H38N4/c1-25-14-16-29(5)35(21-25)38-41-37(42-39(43-38)36-22-26(2)15-17-30(36)6)33-13-10-12-31(23-33)32-19-18-28(4)34(24-32)27(3)11-8-9-20-40-7/h8-24H,1-7H3/b9-8-,27-11+,40-20?. The van der Waals surface area contributed by atoms with Gasteiger partial charge in [0.1, 0.15) is 0 Å². The topological polar surface area (TPSA) is 51.0 Å². The number of hydrogen-bond donors (Lipinski definition) is 0. The maximum atomic E-state index is 5.05. The van der Waals surface area contributed by atoms with E-state index < -0.39 is 0 Å². The Balaban J connectivity index is 1.64. The third-order valence-electron chi connectivity index (χ3n) is 7.71. The molecule has 0 bridgehead atoms. The van der Waals surface area contributed by atoms with Crippen LogP contribution < -0.4 is 0 Å². The lowest BCUT2D eigenvalue weighted by molar-refractivity contribution is 1.07. The van der Waals surface area contributed by atoms with E-state index in [4.69, 9.17) is 15.0 Å². The zero-order valence-corrected chi connectivity index (χ0v) is 26.1. The summed E-state index contributed by atoms with van der Waals surface area (Å²) >= 11 is 0. The van der Waals surface area contributed by atoms with Crippen molar-refractivity contribution in [1.82, 2.24) is 15.0 Å². The molecule has 0 saturated heterocycles. The molecule has 0 radical (unpaired) electrons. The SMILES string of the molecule is CN=C/C=C\C=C(/C)c1cc(-c2cccc(-c3nc(-c4cc(C)ccc4C)nc(-c4cc(C)ccc4C)n3)c2)ccc1C. The zero-order valence-electron chi connectivity index (χ0n) is 26.1. The number of rotatable bonds is 7. The number of aryl methyl sites for hydroxylation is 5. The van der Waals surface area contributed by atoms with E-state index in [9.17, 15) is 0 Å². The fourth-order valence-corrected chi connectivity index (χ4v) is 5.19. The molecule has 1 aromatic heterocycles. The number of aliphatic imine (C=N–C) groups is 1. The molecule has 0 spiro atoms. The first-order chi connectivity index (χ1) is 20.7. The summed E-state index contributed by atoms with van der Waals surface area (Å²) in [5.41, 5.74) is 13.5. The van der Waals surface area contributed by atoms with Gasteiger partial charge in [0.25, 0.3) is 0 Å². The second kappa shape index (κ2) is 12.9. The molecule has 0 aliphatic rings. The Hall–Kier alpha value is -4.96. The van der Waals surface area contributed by atoms with Gasteiger partial charge in [0.05, 0.1) is 0 Å². The van der Waals surface area contributed by atoms with Gasteiger partial charge >= 0.3 is 0 Å². The van der Waals surface area contributed by atoms with Crippen LogP contribution in [0.5, 0.6) is 0 Å². The number of nitrogens with zero attached hydrogens (tertiary/aromatic N) is 4. The minimum absolute atomic E-state index is 0.662. The predicted molar refractivity (Wildman–Crippen MR) is 182 cm³/mol. The number of allylic oxidation sites excluding steroid dienone is 4. The molecule has 0 fully saturated rings. The number of benzene rings is 4. The minimum Gasteiger partial charge on any atom is -0.297 e. The molecule has 0 saturated carbocycles. The van der Waals surface area contributed by atoms with E-state index in [1.165, 1.54) is 27.8 Å². The minimum atomic E-state index is 0.662. The monoisotopic (exact) mass is 562 g/mol. The summed E-state index contributed by atoms with van der Waals surface area (Å²) < 4.78 is 0. The Bertz CT molecular complexity index is 1820. The molecule has 4 nitrogen and oxygen atoms in total. The highest BCUT2D eigenvalue weighted by atomic mass is 15.0. The number of hydrogen-bond acceptors (Lipinski definition) is 4. The van der Waals surface area contributed by atoms with E-state index in [0.717, 1.165) is 38.9 Å². The second-order valence-corrected chi connectivity index (χ2v) is 11.2. The summed E-state index contributed by atoms with van der Waals surface area (Å²) in [6, 6.07) is 27.9. The molecule has 0 aliphatic heterocycles. The highest BCUT2D eigenvalue weighted by molar-refractivity contribution is 5.78. The van der Waals surface area contributed by atoms with Gasteiger partial charge in [0.2, 0.25) is 0 Å². The molecule has 1 heterocycles. The predicted octanol–water partition coefficient (Wildman–Crippen LogP) is 9.74. The van der Waals surface area contributed by atoms with Crippen molar-refractivity contribution in [3.8, 4) is 45.3 Å². The molecule has 5 aromatic rings. The summed E-state index contributed by atoms with van der Waals surface area (Å²) in [5, 5.41) is 0. The van der Waals surface area contributed by atoms with E-state index in [1.807, 2.05) is 12.2 Å². The lowest BCUT2D eigenvalue weighted by atomic mass is 9.95.